The molecule has 1 unspecified atom stereocenters. The number of carbonyl (C=O) groups is 1. The predicted octanol–water partition coefficient (Wildman–Crippen LogP) is 4.66. The molecule has 1 aliphatic carbocycles. The number of unbranched alkanes of at least 4 members (excludes halogenated alkanes) is 1. The Morgan fingerprint density at radius 1 is 1.17 bits per heavy atom. The van der Waals surface area contributed by atoms with Crippen LogP contribution in [0.15, 0.2) is 24.3 Å². The normalized spacial score (nSPS) is 27.2. The Morgan fingerprint density at radius 3 is 2.71 bits per heavy atom. The number of thioether (sulfide) groups is 1. The van der Waals surface area contributed by atoms with Crippen molar-refractivity contribution in [2.75, 3.05) is 11.5 Å². The first-order valence-electron chi connectivity index (χ1n) is 9.47. The van der Waals surface area contributed by atoms with Crippen molar-refractivity contribution in [1.29, 1.82) is 0 Å². The summed E-state index contributed by atoms with van der Waals surface area (Å²) in [4.78, 5) is 10.5. The van der Waals surface area contributed by atoms with Gasteiger partial charge in [-0.3, -0.25) is 4.79 Å². The molecule has 136 valence electrons. The molecule has 1 saturated carbocycles. The molecular weight excluding hydrogens is 320 g/mol. The van der Waals surface area contributed by atoms with Crippen molar-refractivity contribution in [3.63, 3.8) is 0 Å². The molecule has 2 rings (SSSR count). The van der Waals surface area contributed by atoms with E-state index >= 15 is 0 Å². The van der Waals surface area contributed by atoms with E-state index in [9.17, 15) is 9.90 Å². The minimum absolute atomic E-state index is 0.258. The van der Waals surface area contributed by atoms with E-state index in [1.807, 2.05) is 11.8 Å². The fourth-order valence-electron chi connectivity index (χ4n) is 3.72. The second kappa shape index (κ2) is 11.0. The highest BCUT2D eigenvalue weighted by molar-refractivity contribution is 7.99. The molecule has 3 nitrogen and oxygen atoms in total. The van der Waals surface area contributed by atoms with Crippen molar-refractivity contribution in [1.82, 2.24) is 0 Å². The maximum Gasteiger partial charge on any atom is 0.303 e. The summed E-state index contributed by atoms with van der Waals surface area (Å²) in [6.07, 6.45) is 17.5. The van der Waals surface area contributed by atoms with Crippen LogP contribution in [0.3, 0.4) is 0 Å². The molecule has 0 radical (unpaired) electrons. The van der Waals surface area contributed by atoms with Gasteiger partial charge in [0.25, 0.3) is 0 Å². The molecule has 3 atom stereocenters. The summed E-state index contributed by atoms with van der Waals surface area (Å²) in [5.41, 5.74) is 0. The topological polar surface area (TPSA) is 57.5 Å². The van der Waals surface area contributed by atoms with E-state index in [-0.39, 0.29) is 12.5 Å². The second-order valence-electron chi connectivity index (χ2n) is 7.23. The van der Waals surface area contributed by atoms with Crippen molar-refractivity contribution in [2.45, 2.75) is 63.9 Å². The molecule has 2 aliphatic rings. The summed E-state index contributed by atoms with van der Waals surface area (Å²) in [5.74, 6) is 3.32. The SMILES string of the molecule is O=C(O)CCCC=CC[C@H]1CSC[C@H]1C=CC(O)C1CCCCC1. The molecule has 4 heteroatoms. The van der Waals surface area contributed by atoms with Crippen LogP contribution in [0.25, 0.3) is 0 Å². The Kier molecular flexibility index (Phi) is 8.97. The van der Waals surface area contributed by atoms with Crippen molar-refractivity contribution < 1.29 is 15.0 Å². The van der Waals surface area contributed by atoms with Crippen LogP contribution in [0, 0.1) is 17.8 Å². The molecule has 0 amide bonds. The van der Waals surface area contributed by atoms with Gasteiger partial charge in [0.15, 0.2) is 0 Å². The molecule has 1 saturated heterocycles. The lowest BCUT2D eigenvalue weighted by Gasteiger charge is -2.25. The van der Waals surface area contributed by atoms with Gasteiger partial charge in [-0.25, -0.2) is 0 Å². The summed E-state index contributed by atoms with van der Waals surface area (Å²) in [5, 5.41) is 19.0. The molecule has 1 heterocycles. The zero-order valence-electron chi connectivity index (χ0n) is 14.6. The quantitative estimate of drug-likeness (QED) is 0.468. The highest BCUT2D eigenvalue weighted by Gasteiger charge is 2.25. The Balaban J connectivity index is 1.70. The smallest absolute Gasteiger partial charge is 0.303 e. The van der Waals surface area contributed by atoms with Crippen molar-refractivity contribution in [3.8, 4) is 0 Å². The van der Waals surface area contributed by atoms with Gasteiger partial charge in [0.2, 0.25) is 0 Å². The number of aliphatic hydroxyl groups excluding tert-OH is 1. The minimum atomic E-state index is -0.711. The first kappa shape index (κ1) is 19.6. The van der Waals surface area contributed by atoms with Crippen LogP contribution < -0.4 is 0 Å². The van der Waals surface area contributed by atoms with Gasteiger partial charge < -0.3 is 10.2 Å². The highest BCUT2D eigenvalue weighted by Crippen LogP contribution is 2.34. The van der Waals surface area contributed by atoms with Crippen LogP contribution in [0.4, 0.5) is 0 Å². The Bertz CT molecular complexity index is 427. The summed E-state index contributed by atoms with van der Waals surface area (Å²) in [6.45, 7) is 0. The van der Waals surface area contributed by atoms with Crippen molar-refractivity contribution >= 4 is 17.7 Å². The Labute approximate surface area is 150 Å². The third kappa shape index (κ3) is 7.02. The summed E-state index contributed by atoms with van der Waals surface area (Å²) >= 11 is 2.01. The third-order valence-corrected chi connectivity index (χ3v) is 6.59. The van der Waals surface area contributed by atoms with E-state index in [0.29, 0.717) is 17.8 Å². The van der Waals surface area contributed by atoms with Crippen LogP contribution in [0.2, 0.25) is 0 Å². The number of allylic oxidation sites excluding steroid dienone is 3. The van der Waals surface area contributed by atoms with E-state index in [1.54, 1.807) is 0 Å². The number of aliphatic hydroxyl groups is 1. The molecule has 0 aromatic rings. The maximum atomic E-state index is 10.5. The van der Waals surface area contributed by atoms with Gasteiger partial charge in [0.1, 0.15) is 0 Å². The van der Waals surface area contributed by atoms with E-state index in [1.165, 1.54) is 37.9 Å². The van der Waals surface area contributed by atoms with E-state index in [2.05, 4.69) is 24.3 Å². The monoisotopic (exact) mass is 352 g/mol. The molecule has 2 fully saturated rings. The molecule has 0 aromatic carbocycles. The molecule has 24 heavy (non-hydrogen) atoms. The zero-order valence-corrected chi connectivity index (χ0v) is 15.4. The zero-order chi connectivity index (χ0) is 17.2. The Hall–Kier alpha value is -0.740. The largest absolute Gasteiger partial charge is 0.481 e. The predicted molar refractivity (Wildman–Crippen MR) is 101 cm³/mol. The number of aliphatic carboxylic acids is 1. The summed E-state index contributed by atoms with van der Waals surface area (Å²) < 4.78 is 0. The maximum absolute atomic E-state index is 10.5. The molecule has 1 aliphatic heterocycles. The second-order valence-corrected chi connectivity index (χ2v) is 8.30. The summed E-state index contributed by atoms with van der Waals surface area (Å²) in [7, 11) is 0. The molecular formula is C20H32O3S. The van der Waals surface area contributed by atoms with Gasteiger partial charge in [-0.15, -0.1) is 0 Å². The van der Waals surface area contributed by atoms with Crippen molar-refractivity contribution in [2.24, 2.45) is 17.8 Å². The van der Waals surface area contributed by atoms with Crippen LogP contribution in [0.5, 0.6) is 0 Å². The fourth-order valence-corrected chi connectivity index (χ4v) is 5.20. The Morgan fingerprint density at radius 2 is 1.96 bits per heavy atom. The van der Waals surface area contributed by atoms with Gasteiger partial charge >= 0.3 is 5.97 Å². The lowest BCUT2D eigenvalue weighted by Crippen LogP contribution is -2.21. The van der Waals surface area contributed by atoms with Gasteiger partial charge in [-0.05, 0) is 61.4 Å². The molecule has 0 aromatic heterocycles. The number of hydrogen-bond donors (Lipinski definition) is 2. The van der Waals surface area contributed by atoms with E-state index in [4.69, 9.17) is 5.11 Å². The average Bonchev–Trinajstić information content (AvgIpc) is 3.03. The number of carboxylic acid groups (broad SMARTS) is 1. The number of carboxylic acids is 1. The minimum Gasteiger partial charge on any atom is -0.481 e. The van der Waals surface area contributed by atoms with Crippen LogP contribution in [-0.2, 0) is 4.79 Å². The van der Waals surface area contributed by atoms with Crippen molar-refractivity contribution in [3.05, 3.63) is 24.3 Å². The van der Waals surface area contributed by atoms with Gasteiger partial charge in [-0.2, -0.15) is 11.8 Å². The van der Waals surface area contributed by atoms with Gasteiger partial charge in [0, 0.05) is 6.42 Å². The standard InChI is InChI=1S/C20H32O3S/c21-19(16-8-5-3-6-9-16)13-12-18-15-24-14-17(18)10-4-1-2-7-11-20(22)23/h1,4,12-13,16-19,21H,2-3,5-11,14-15H2,(H,22,23)/t17-,18+,19?/m0/s1. The highest BCUT2D eigenvalue weighted by atomic mass is 32.2. The summed E-state index contributed by atoms with van der Waals surface area (Å²) in [6, 6.07) is 0. The van der Waals surface area contributed by atoms with Crippen LogP contribution in [-0.4, -0.2) is 33.8 Å². The van der Waals surface area contributed by atoms with Gasteiger partial charge in [0.05, 0.1) is 6.10 Å². The molecule has 0 bridgehead atoms. The number of hydrogen-bond acceptors (Lipinski definition) is 3. The molecule has 0 spiro atoms. The van der Waals surface area contributed by atoms with Crippen LogP contribution in [0.1, 0.15) is 57.8 Å². The first-order chi connectivity index (χ1) is 11.7. The number of rotatable bonds is 9. The lowest BCUT2D eigenvalue weighted by molar-refractivity contribution is -0.137. The average molecular weight is 353 g/mol. The van der Waals surface area contributed by atoms with Gasteiger partial charge in [-0.1, -0.05) is 43.6 Å². The van der Waals surface area contributed by atoms with E-state index in [0.717, 1.165) is 25.0 Å². The fraction of sp³-hybridized carbons (Fsp3) is 0.750. The first-order valence-corrected chi connectivity index (χ1v) is 10.6. The van der Waals surface area contributed by atoms with Crippen LogP contribution >= 0.6 is 11.8 Å². The third-order valence-electron chi connectivity index (χ3n) is 5.30. The van der Waals surface area contributed by atoms with E-state index < -0.39 is 5.97 Å². The lowest BCUT2D eigenvalue weighted by atomic mass is 9.84. The molecule has 2 N–H and O–H groups in total.